The number of anilines is 1. The molecule has 1 heterocycles. The SMILES string of the molecule is Cn1cc(C(=O)Nc2cccc(S(=O)(=O)NC(C)(C)C)c2)c(-c2ccc(F)cc2F)n1. The third-order valence-corrected chi connectivity index (χ3v) is 5.86. The summed E-state index contributed by atoms with van der Waals surface area (Å²) in [5, 5.41) is 6.73. The van der Waals surface area contributed by atoms with Gasteiger partial charge in [0.05, 0.1) is 10.5 Å². The van der Waals surface area contributed by atoms with E-state index >= 15 is 0 Å². The van der Waals surface area contributed by atoms with Crippen molar-refractivity contribution in [3.05, 3.63) is 65.9 Å². The van der Waals surface area contributed by atoms with Gasteiger partial charge in [-0.25, -0.2) is 21.9 Å². The molecule has 0 spiro atoms. The van der Waals surface area contributed by atoms with Crippen molar-refractivity contribution >= 4 is 21.6 Å². The second kappa shape index (κ2) is 8.20. The Morgan fingerprint density at radius 3 is 2.45 bits per heavy atom. The molecule has 0 aliphatic carbocycles. The summed E-state index contributed by atoms with van der Waals surface area (Å²) in [6.07, 6.45) is 1.40. The number of carbonyl (C=O) groups is 1. The van der Waals surface area contributed by atoms with Gasteiger partial charge in [0.15, 0.2) is 0 Å². The molecule has 7 nitrogen and oxygen atoms in total. The maximum Gasteiger partial charge on any atom is 0.259 e. The van der Waals surface area contributed by atoms with Crippen LogP contribution >= 0.6 is 0 Å². The van der Waals surface area contributed by atoms with Crippen molar-refractivity contribution < 1.29 is 22.0 Å². The van der Waals surface area contributed by atoms with Crippen LogP contribution in [0.4, 0.5) is 14.5 Å². The molecule has 0 saturated heterocycles. The number of sulfonamides is 1. The topological polar surface area (TPSA) is 93.1 Å². The molecule has 0 atom stereocenters. The first-order valence-electron chi connectivity index (χ1n) is 9.30. The number of nitrogens with zero attached hydrogens (tertiary/aromatic N) is 2. The van der Waals surface area contributed by atoms with Gasteiger partial charge in [-0.05, 0) is 51.1 Å². The fourth-order valence-electron chi connectivity index (χ4n) is 2.94. The minimum atomic E-state index is -3.80. The molecule has 3 aromatic rings. The fourth-order valence-corrected chi connectivity index (χ4v) is 4.40. The molecule has 2 N–H and O–H groups in total. The minimum Gasteiger partial charge on any atom is -0.322 e. The van der Waals surface area contributed by atoms with E-state index in [0.717, 1.165) is 6.07 Å². The summed E-state index contributed by atoms with van der Waals surface area (Å²) >= 11 is 0. The highest BCUT2D eigenvalue weighted by molar-refractivity contribution is 7.89. The molecular formula is C21H22F2N4O3S. The number of hydrogen-bond acceptors (Lipinski definition) is 4. The quantitative estimate of drug-likeness (QED) is 0.623. The lowest BCUT2D eigenvalue weighted by molar-refractivity contribution is 0.102. The van der Waals surface area contributed by atoms with E-state index in [1.807, 2.05) is 0 Å². The Hall–Kier alpha value is -3.11. The molecule has 0 fully saturated rings. The molecule has 1 amide bonds. The van der Waals surface area contributed by atoms with E-state index in [9.17, 15) is 22.0 Å². The highest BCUT2D eigenvalue weighted by atomic mass is 32.2. The zero-order chi connectivity index (χ0) is 23.0. The predicted molar refractivity (Wildman–Crippen MR) is 113 cm³/mol. The van der Waals surface area contributed by atoms with Gasteiger partial charge in [-0.3, -0.25) is 9.48 Å². The molecule has 31 heavy (non-hydrogen) atoms. The lowest BCUT2D eigenvalue weighted by atomic mass is 10.1. The first kappa shape index (κ1) is 22.6. The number of amides is 1. The van der Waals surface area contributed by atoms with Gasteiger partial charge in [0.25, 0.3) is 5.91 Å². The van der Waals surface area contributed by atoms with Gasteiger partial charge < -0.3 is 5.32 Å². The normalized spacial score (nSPS) is 12.1. The Kier molecular flexibility index (Phi) is 5.97. The maximum absolute atomic E-state index is 14.2. The van der Waals surface area contributed by atoms with E-state index in [4.69, 9.17) is 0 Å². The zero-order valence-corrected chi connectivity index (χ0v) is 18.2. The first-order chi connectivity index (χ1) is 14.4. The molecule has 164 valence electrons. The summed E-state index contributed by atoms with van der Waals surface area (Å²) in [7, 11) is -2.24. The highest BCUT2D eigenvalue weighted by Gasteiger charge is 2.23. The van der Waals surface area contributed by atoms with E-state index in [2.05, 4.69) is 15.1 Å². The summed E-state index contributed by atoms with van der Waals surface area (Å²) < 4.78 is 56.5. The average molecular weight is 448 g/mol. The molecule has 3 rings (SSSR count). The van der Waals surface area contributed by atoms with Gasteiger partial charge in [-0.2, -0.15) is 5.10 Å². The summed E-state index contributed by atoms with van der Waals surface area (Å²) in [6.45, 7) is 5.15. The molecular weight excluding hydrogens is 426 g/mol. The van der Waals surface area contributed by atoms with Crippen molar-refractivity contribution in [3.8, 4) is 11.3 Å². The van der Waals surface area contributed by atoms with Crippen molar-refractivity contribution in [2.75, 3.05) is 5.32 Å². The maximum atomic E-state index is 14.2. The van der Waals surface area contributed by atoms with Crippen LogP contribution in [0.15, 0.2) is 53.6 Å². The number of nitrogens with one attached hydrogen (secondary N) is 2. The summed E-state index contributed by atoms with van der Waals surface area (Å²) in [5.74, 6) is -2.22. The predicted octanol–water partition coefficient (Wildman–Crippen LogP) is 3.69. The van der Waals surface area contributed by atoms with Crippen LogP contribution in [0.2, 0.25) is 0 Å². The summed E-state index contributed by atoms with van der Waals surface area (Å²) in [5.41, 5.74) is -0.388. The number of aryl methyl sites for hydroxylation is 1. The van der Waals surface area contributed by atoms with Crippen molar-refractivity contribution in [1.82, 2.24) is 14.5 Å². The number of carbonyl (C=O) groups excluding carboxylic acids is 1. The summed E-state index contributed by atoms with van der Waals surface area (Å²) in [4.78, 5) is 12.8. The van der Waals surface area contributed by atoms with Crippen molar-refractivity contribution in [1.29, 1.82) is 0 Å². The van der Waals surface area contributed by atoms with Gasteiger partial charge in [0.1, 0.15) is 17.3 Å². The smallest absolute Gasteiger partial charge is 0.259 e. The number of aromatic nitrogens is 2. The second-order valence-corrected chi connectivity index (χ2v) is 9.71. The van der Waals surface area contributed by atoms with Crippen LogP contribution in [0.25, 0.3) is 11.3 Å². The molecule has 0 aliphatic heterocycles. The van der Waals surface area contributed by atoms with Crippen LogP contribution in [0.3, 0.4) is 0 Å². The Morgan fingerprint density at radius 2 is 1.81 bits per heavy atom. The van der Waals surface area contributed by atoms with E-state index in [0.29, 0.717) is 6.07 Å². The summed E-state index contributed by atoms with van der Waals surface area (Å²) in [6, 6.07) is 8.75. The van der Waals surface area contributed by atoms with Crippen LogP contribution in [-0.4, -0.2) is 29.6 Å². The molecule has 0 aliphatic rings. The van der Waals surface area contributed by atoms with Crippen LogP contribution in [-0.2, 0) is 17.1 Å². The molecule has 1 aromatic heterocycles. The van der Waals surface area contributed by atoms with Crippen molar-refractivity contribution in [2.24, 2.45) is 7.05 Å². The molecule has 0 unspecified atom stereocenters. The van der Waals surface area contributed by atoms with Gasteiger partial charge in [0.2, 0.25) is 10.0 Å². The Balaban J connectivity index is 1.92. The largest absolute Gasteiger partial charge is 0.322 e. The Bertz CT molecular complexity index is 1250. The third-order valence-electron chi connectivity index (χ3n) is 4.10. The molecule has 0 saturated carbocycles. The molecule has 10 heteroatoms. The van der Waals surface area contributed by atoms with Gasteiger partial charge >= 0.3 is 0 Å². The van der Waals surface area contributed by atoms with Crippen LogP contribution in [0, 0.1) is 11.6 Å². The molecule has 0 radical (unpaired) electrons. The van der Waals surface area contributed by atoms with Crippen LogP contribution in [0.5, 0.6) is 0 Å². The Labute approximate surface area is 179 Å². The highest BCUT2D eigenvalue weighted by Crippen LogP contribution is 2.26. The number of halogens is 2. The lowest BCUT2D eigenvalue weighted by Crippen LogP contribution is -2.40. The van der Waals surface area contributed by atoms with E-state index in [1.54, 1.807) is 27.8 Å². The van der Waals surface area contributed by atoms with E-state index in [-0.39, 0.29) is 27.4 Å². The van der Waals surface area contributed by atoms with E-state index < -0.39 is 33.1 Å². The lowest BCUT2D eigenvalue weighted by Gasteiger charge is -2.20. The first-order valence-corrected chi connectivity index (χ1v) is 10.8. The average Bonchev–Trinajstić information content (AvgIpc) is 3.01. The second-order valence-electron chi connectivity index (χ2n) is 8.03. The number of benzene rings is 2. The minimum absolute atomic E-state index is 0.0174. The Morgan fingerprint density at radius 1 is 1.10 bits per heavy atom. The van der Waals surface area contributed by atoms with Gasteiger partial charge in [0, 0.05) is 36.1 Å². The monoisotopic (exact) mass is 448 g/mol. The number of hydrogen-bond donors (Lipinski definition) is 2. The molecule has 0 bridgehead atoms. The number of rotatable bonds is 5. The molecule has 2 aromatic carbocycles. The van der Waals surface area contributed by atoms with Crippen LogP contribution < -0.4 is 10.0 Å². The van der Waals surface area contributed by atoms with Crippen molar-refractivity contribution in [3.63, 3.8) is 0 Å². The third kappa shape index (κ3) is 5.33. The van der Waals surface area contributed by atoms with Crippen LogP contribution in [0.1, 0.15) is 31.1 Å². The van der Waals surface area contributed by atoms with Crippen molar-refractivity contribution in [2.45, 2.75) is 31.2 Å². The standard InChI is InChI=1S/C21H22F2N4O3S/c1-21(2,3)26-31(29,30)15-7-5-6-14(11-15)24-20(28)17-12-27(4)25-19(17)16-9-8-13(22)10-18(16)23/h5-12,26H,1-4H3,(H,24,28). The zero-order valence-electron chi connectivity index (χ0n) is 17.4. The van der Waals surface area contributed by atoms with E-state index in [1.165, 1.54) is 41.2 Å². The van der Waals surface area contributed by atoms with Gasteiger partial charge in [-0.15, -0.1) is 0 Å². The fraction of sp³-hybridized carbons (Fsp3) is 0.238. The van der Waals surface area contributed by atoms with Gasteiger partial charge in [-0.1, -0.05) is 6.07 Å².